The van der Waals surface area contributed by atoms with Crippen molar-refractivity contribution >= 4 is 0 Å². The fourth-order valence-electron chi connectivity index (χ4n) is 2.14. The van der Waals surface area contributed by atoms with Crippen LogP contribution in [0, 0.1) is 0 Å². The van der Waals surface area contributed by atoms with Crippen LogP contribution in [0.5, 0.6) is 0 Å². The quantitative estimate of drug-likeness (QED) is 0.733. The summed E-state index contributed by atoms with van der Waals surface area (Å²) in [6.45, 7) is 3.33. The molecule has 0 saturated heterocycles. The van der Waals surface area contributed by atoms with Crippen LogP contribution in [0.3, 0.4) is 0 Å². The van der Waals surface area contributed by atoms with Crippen LogP contribution in [0.4, 0.5) is 0 Å². The van der Waals surface area contributed by atoms with Gasteiger partial charge in [-0.2, -0.15) is 0 Å². The number of hydrogen-bond donors (Lipinski definition) is 1. The van der Waals surface area contributed by atoms with Gasteiger partial charge in [-0.15, -0.1) is 0 Å². The van der Waals surface area contributed by atoms with Gasteiger partial charge < -0.3 is 10.2 Å². The molecule has 0 spiro atoms. The number of likely N-dealkylation sites (N-methyl/N-ethyl adjacent to an activating group) is 1. The Morgan fingerprint density at radius 1 is 1.19 bits per heavy atom. The van der Waals surface area contributed by atoms with Gasteiger partial charge in [-0.1, -0.05) is 30.3 Å². The van der Waals surface area contributed by atoms with Crippen molar-refractivity contribution in [2.24, 2.45) is 0 Å². The molecule has 0 unspecified atom stereocenters. The Morgan fingerprint density at radius 3 is 2.44 bits per heavy atom. The fourth-order valence-corrected chi connectivity index (χ4v) is 2.14. The molecule has 0 radical (unpaired) electrons. The second kappa shape index (κ2) is 4.98. The number of nitrogens with one attached hydrogen (secondary N) is 1. The second-order valence-corrected chi connectivity index (χ2v) is 5.13. The van der Waals surface area contributed by atoms with E-state index in [1.54, 1.807) is 0 Å². The summed E-state index contributed by atoms with van der Waals surface area (Å²) in [5, 5.41) is 3.58. The van der Waals surface area contributed by atoms with Crippen molar-refractivity contribution in [2.75, 3.05) is 33.7 Å². The monoisotopic (exact) mass is 218 g/mol. The molecule has 1 N–H and O–H groups in total. The van der Waals surface area contributed by atoms with E-state index in [-0.39, 0.29) is 0 Å². The zero-order valence-electron chi connectivity index (χ0n) is 10.4. The Balaban J connectivity index is 1.81. The number of nitrogens with zero attached hydrogens (tertiary/aromatic N) is 1. The molecule has 1 saturated carbocycles. The van der Waals surface area contributed by atoms with E-state index < -0.39 is 0 Å². The van der Waals surface area contributed by atoms with Gasteiger partial charge in [-0.05, 0) is 32.5 Å². The summed E-state index contributed by atoms with van der Waals surface area (Å²) in [6, 6.07) is 10.9. The molecule has 0 heterocycles. The molecule has 0 aliphatic heterocycles. The van der Waals surface area contributed by atoms with Gasteiger partial charge in [0.05, 0.1) is 0 Å². The third-order valence-corrected chi connectivity index (χ3v) is 3.44. The van der Waals surface area contributed by atoms with Crippen molar-refractivity contribution in [2.45, 2.75) is 18.3 Å². The van der Waals surface area contributed by atoms with E-state index in [9.17, 15) is 0 Å². The Morgan fingerprint density at radius 2 is 1.88 bits per heavy atom. The van der Waals surface area contributed by atoms with E-state index in [0.29, 0.717) is 5.41 Å². The van der Waals surface area contributed by atoms with Crippen LogP contribution in [0.1, 0.15) is 18.4 Å². The first kappa shape index (κ1) is 11.6. The summed E-state index contributed by atoms with van der Waals surface area (Å²) in [7, 11) is 4.23. The van der Waals surface area contributed by atoms with Crippen LogP contribution < -0.4 is 5.32 Å². The third kappa shape index (κ3) is 2.83. The van der Waals surface area contributed by atoms with Gasteiger partial charge >= 0.3 is 0 Å². The minimum absolute atomic E-state index is 0.452. The van der Waals surface area contributed by atoms with Gasteiger partial charge in [0.2, 0.25) is 0 Å². The Hall–Kier alpha value is -0.860. The van der Waals surface area contributed by atoms with Gasteiger partial charge in [0, 0.05) is 25.0 Å². The van der Waals surface area contributed by atoms with E-state index in [1.165, 1.54) is 18.4 Å². The van der Waals surface area contributed by atoms with Crippen LogP contribution in [0.2, 0.25) is 0 Å². The van der Waals surface area contributed by atoms with Crippen molar-refractivity contribution in [1.29, 1.82) is 0 Å². The first-order valence-electron chi connectivity index (χ1n) is 6.14. The maximum atomic E-state index is 3.58. The summed E-state index contributed by atoms with van der Waals surface area (Å²) >= 11 is 0. The summed E-state index contributed by atoms with van der Waals surface area (Å²) in [5.41, 5.74) is 1.96. The van der Waals surface area contributed by atoms with Crippen LogP contribution in [-0.4, -0.2) is 38.6 Å². The molecule has 1 fully saturated rings. The molecular weight excluding hydrogens is 196 g/mol. The molecule has 2 nitrogen and oxygen atoms in total. The highest BCUT2D eigenvalue weighted by atomic mass is 15.1. The van der Waals surface area contributed by atoms with Crippen molar-refractivity contribution in [3.8, 4) is 0 Å². The lowest BCUT2D eigenvalue weighted by Gasteiger charge is -2.17. The van der Waals surface area contributed by atoms with Crippen LogP contribution in [0.15, 0.2) is 30.3 Å². The summed E-state index contributed by atoms with van der Waals surface area (Å²) < 4.78 is 0. The smallest absolute Gasteiger partial charge is 0.0101 e. The highest BCUT2D eigenvalue weighted by molar-refractivity contribution is 5.31. The van der Waals surface area contributed by atoms with Crippen LogP contribution in [0.25, 0.3) is 0 Å². The summed E-state index contributed by atoms with van der Waals surface area (Å²) in [6.07, 6.45) is 2.68. The summed E-state index contributed by atoms with van der Waals surface area (Å²) in [5.74, 6) is 0. The van der Waals surface area contributed by atoms with E-state index in [0.717, 1.165) is 19.6 Å². The largest absolute Gasteiger partial charge is 0.315 e. The van der Waals surface area contributed by atoms with Crippen molar-refractivity contribution < 1.29 is 0 Å². The first-order chi connectivity index (χ1) is 7.73. The van der Waals surface area contributed by atoms with E-state index in [2.05, 4.69) is 54.6 Å². The molecule has 0 atom stereocenters. The third-order valence-electron chi connectivity index (χ3n) is 3.44. The Labute approximate surface area is 98.7 Å². The van der Waals surface area contributed by atoms with Gasteiger partial charge in [0.25, 0.3) is 0 Å². The first-order valence-corrected chi connectivity index (χ1v) is 6.14. The zero-order valence-corrected chi connectivity index (χ0v) is 10.4. The average molecular weight is 218 g/mol. The fraction of sp³-hybridized carbons (Fsp3) is 0.571. The lowest BCUT2D eigenvalue weighted by molar-refractivity contribution is 0.395. The highest BCUT2D eigenvalue weighted by Crippen LogP contribution is 2.47. The molecule has 0 amide bonds. The molecule has 1 aromatic carbocycles. The molecule has 16 heavy (non-hydrogen) atoms. The van der Waals surface area contributed by atoms with Crippen LogP contribution >= 0.6 is 0 Å². The van der Waals surface area contributed by atoms with E-state index in [1.807, 2.05) is 0 Å². The SMILES string of the molecule is CN(C)CCNCC1(c2ccccc2)CC1. The normalized spacial score (nSPS) is 17.7. The minimum atomic E-state index is 0.452. The van der Waals surface area contributed by atoms with Crippen LogP contribution in [-0.2, 0) is 5.41 Å². The highest BCUT2D eigenvalue weighted by Gasteiger charge is 2.43. The van der Waals surface area contributed by atoms with E-state index in [4.69, 9.17) is 0 Å². The molecule has 88 valence electrons. The molecule has 1 aliphatic carbocycles. The van der Waals surface area contributed by atoms with Gasteiger partial charge in [-0.3, -0.25) is 0 Å². The Kier molecular flexibility index (Phi) is 3.62. The Bertz CT molecular complexity index is 315. The van der Waals surface area contributed by atoms with Gasteiger partial charge in [0.15, 0.2) is 0 Å². The predicted octanol–water partition coefficient (Wildman–Crippen LogP) is 1.87. The summed E-state index contributed by atoms with van der Waals surface area (Å²) in [4.78, 5) is 2.22. The average Bonchev–Trinajstić information content (AvgIpc) is 3.07. The van der Waals surface area contributed by atoms with Crippen molar-refractivity contribution in [3.63, 3.8) is 0 Å². The minimum Gasteiger partial charge on any atom is -0.315 e. The van der Waals surface area contributed by atoms with Gasteiger partial charge in [0.1, 0.15) is 0 Å². The molecule has 2 heteroatoms. The predicted molar refractivity (Wildman–Crippen MR) is 68.8 cm³/mol. The van der Waals surface area contributed by atoms with Crippen molar-refractivity contribution in [3.05, 3.63) is 35.9 Å². The topological polar surface area (TPSA) is 15.3 Å². The molecular formula is C14H22N2. The zero-order chi connectivity index (χ0) is 11.4. The molecule has 0 bridgehead atoms. The lowest BCUT2D eigenvalue weighted by Crippen LogP contribution is -2.32. The van der Waals surface area contributed by atoms with Gasteiger partial charge in [-0.25, -0.2) is 0 Å². The maximum absolute atomic E-state index is 3.58. The standard InChI is InChI=1S/C14H22N2/c1-16(2)11-10-15-12-14(8-9-14)13-6-4-3-5-7-13/h3-7,15H,8-12H2,1-2H3. The maximum Gasteiger partial charge on any atom is 0.0101 e. The van der Waals surface area contributed by atoms with E-state index >= 15 is 0 Å². The number of rotatable bonds is 6. The molecule has 1 aliphatic rings. The lowest BCUT2D eigenvalue weighted by atomic mass is 9.96. The second-order valence-electron chi connectivity index (χ2n) is 5.13. The van der Waals surface area contributed by atoms with Crippen molar-refractivity contribution in [1.82, 2.24) is 10.2 Å². The molecule has 0 aromatic heterocycles. The number of benzene rings is 1. The number of hydrogen-bond acceptors (Lipinski definition) is 2. The molecule has 2 rings (SSSR count). The molecule has 1 aromatic rings.